The summed E-state index contributed by atoms with van der Waals surface area (Å²) < 4.78 is 64.0. The molecule has 0 aliphatic heterocycles. The zero-order valence-corrected chi connectivity index (χ0v) is 37.7. The van der Waals surface area contributed by atoms with Gasteiger partial charge in [-0.25, -0.2) is 17.6 Å². The van der Waals surface area contributed by atoms with E-state index in [1.165, 1.54) is 0 Å². The summed E-state index contributed by atoms with van der Waals surface area (Å²) in [6.45, 7) is 21.9. The van der Waals surface area contributed by atoms with E-state index in [0.29, 0.717) is 17.8 Å². The maximum Gasteiger partial charge on any atom is 0.306 e. The molecule has 0 bridgehead atoms. The van der Waals surface area contributed by atoms with Gasteiger partial charge in [0.15, 0.2) is 28.4 Å². The van der Waals surface area contributed by atoms with Crippen molar-refractivity contribution in [1.29, 1.82) is 5.53 Å². The molecule has 0 spiro atoms. The van der Waals surface area contributed by atoms with Crippen LogP contribution in [0, 0.1) is 90.9 Å². The van der Waals surface area contributed by atoms with E-state index in [-0.39, 0.29) is 89.2 Å². The Kier molecular flexibility index (Phi) is 12.8. The molecule has 0 unspecified atom stereocenters. The van der Waals surface area contributed by atoms with Crippen LogP contribution >= 0.6 is 0 Å². The smallest absolute Gasteiger partial charge is 0.306 e. The summed E-state index contributed by atoms with van der Waals surface area (Å²) in [7, 11) is 0. The normalized spacial score (nSPS) is 34.6. The predicted molar refractivity (Wildman–Crippen MR) is 223 cm³/mol. The first-order valence-electron chi connectivity index (χ1n) is 22.4. The Hall–Kier alpha value is -4.13. The van der Waals surface area contributed by atoms with E-state index in [4.69, 9.17) is 10.3 Å². The number of rotatable bonds is 13. The molecule has 5 fully saturated rings. The first kappa shape index (κ1) is 47.4. The average molecular weight is 873 g/mol. The number of carboxylic acids is 1. The van der Waals surface area contributed by atoms with Crippen molar-refractivity contribution in [2.24, 2.45) is 67.2 Å². The van der Waals surface area contributed by atoms with Gasteiger partial charge in [-0.1, -0.05) is 60.6 Å². The highest BCUT2D eigenvalue weighted by molar-refractivity contribution is 5.95. The van der Waals surface area contributed by atoms with Crippen LogP contribution in [0.4, 0.5) is 23.2 Å². The van der Waals surface area contributed by atoms with Crippen molar-refractivity contribution in [2.45, 2.75) is 145 Å². The van der Waals surface area contributed by atoms with Crippen molar-refractivity contribution in [3.63, 3.8) is 0 Å². The van der Waals surface area contributed by atoms with Gasteiger partial charge in [-0.2, -0.15) is 0 Å². The minimum absolute atomic E-state index is 0.00576. The van der Waals surface area contributed by atoms with Gasteiger partial charge in [0.1, 0.15) is 17.2 Å². The highest BCUT2D eigenvalue weighted by Crippen LogP contribution is 2.78. The Labute approximate surface area is 362 Å². The standard InChI is InChI=1S/C47H65F4N5O6/c1-25(2)26-12-17-47(22-31(57)53-20-21-54-41(61)34-36(48)38(50)40(55-56-52)39(51)37(34)49)19-18-45(8)27(35(26)47)10-11-29-44(7)15-14-30(43(5,6)28(44)13-16-46(29,45)9)62-33(60)24-42(3,4)23-32(58)59/h26-30,35,52H,1,10-24H2,2-9H3,(H2-,53,54,57,58,59,61)/p+1/t26-,27+,28-,29+,30-,35+,44-,45+,46+,47+/m0/s1. The van der Waals surface area contributed by atoms with E-state index in [1.54, 1.807) is 13.8 Å². The number of carboxylic acid groups (broad SMARTS) is 1. The van der Waals surface area contributed by atoms with E-state index in [9.17, 15) is 41.8 Å². The molecule has 0 saturated heterocycles. The molecule has 0 heterocycles. The second-order valence-electron chi connectivity index (χ2n) is 21.8. The number of aliphatic carboxylic acids is 1. The van der Waals surface area contributed by atoms with Crippen molar-refractivity contribution >= 4 is 29.4 Å². The first-order chi connectivity index (χ1) is 28.8. The lowest BCUT2D eigenvalue weighted by Gasteiger charge is -2.73. The van der Waals surface area contributed by atoms with Gasteiger partial charge in [-0.15, -0.1) is 0 Å². The van der Waals surface area contributed by atoms with E-state index in [0.717, 1.165) is 69.8 Å². The number of carbonyl (C=O) groups excluding carboxylic acids is 3. The molecule has 2 amide bonds. The van der Waals surface area contributed by atoms with Crippen LogP contribution in [0.15, 0.2) is 17.3 Å². The van der Waals surface area contributed by atoms with Crippen molar-refractivity contribution in [3.05, 3.63) is 41.0 Å². The van der Waals surface area contributed by atoms with E-state index in [2.05, 4.69) is 68.8 Å². The number of esters is 1. The topological polar surface area (TPSA) is 172 Å². The summed E-state index contributed by atoms with van der Waals surface area (Å²) in [5.41, 5.74) is 3.68. The number of nitrogens with zero attached hydrogens (tertiary/aromatic N) is 2. The SMILES string of the molecule is C=C(C)[C@@H]1CC[C@]2(CC(=O)NCCNC(=O)c3c(F)c(F)c(N=[N+]=N)c(F)c3F)CC[C@]3(C)[C@H](CC[C@@H]4[C@@]5(C)CC[C@H](OC(=O)CC(C)(C)CC(=O)O)C(C)(C)[C@@H]5CC[C@]43C)[C@@H]12. The van der Waals surface area contributed by atoms with Gasteiger partial charge in [0.25, 0.3) is 5.91 Å². The van der Waals surface area contributed by atoms with Gasteiger partial charge < -0.3 is 20.5 Å². The molecule has 4 N–H and O–H groups in total. The van der Waals surface area contributed by atoms with Gasteiger partial charge in [-0.3, -0.25) is 19.2 Å². The Morgan fingerprint density at radius 2 is 1.48 bits per heavy atom. The van der Waals surface area contributed by atoms with E-state index >= 15 is 0 Å². The second kappa shape index (κ2) is 16.8. The van der Waals surface area contributed by atoms with Crippen LogP contribution < -0.4 is 15.5 Å². The Balaban J connectivity index is 1.14. The van der Waals surface area contributed by atoms with Gasteiger partial charge >= 0.3 is 11.9 Å². The molecular formula is C47H66F4N5O6+. The molecule has 342 valence electrons. The lowest BCUT2D eigenvalue weighted by molar-refractivity contribution is -0.250. The molecule has 5 aliphatic rings. The van der Waals surface area contributed by atoms with Gasteiger partial charge in [0.05, 0.1) is 12.8 Å². The number of hydrogen-bond acceptors (Lipinski definition) is 7. The molecule has 1 aromatic rings. The molecule has 6 rings (SSSR count). The van der Waals surface area contributed by atoms with Crippen LogP contribution in [0.5, 0.6) is 0 Å². The van der Waals surface area contributed by atoms with E-state index in [1.807, 2.05) is 0 Å². The van der Waals surface area contributed by atoms with Crippen LogP contribution in [0.2, 0.25) is 0 Å². The number of hydrogen-bond donors (Lipinski definition) is 4. The minimum Gasteiger partial charge on any atom is -0.481 e. The maximum atomic E-state index is 14.6. The van der Waals surface area contributed by atoms with Gasteiger partial charge in [0, 0.05) is 24.9 Å². The molecule has 1 aromatic carbocycles. The molecule has 5 saturated carbocycles. The molecule has 0 aromatic heterocycles. The fraction of sp³-hybridized carbons (Fsp3) is 0.745. The summed E-state index contributed by atoms with van der Waals surface area (Å²) in [6.07, 6.45) is 9.59. The highest BCUT2D eigenvalue weighted by Gasteiger charge is 2.71. The predicted octanol–water partition coefficient (Wildman–Crippen LogP) is 10.1. The summed E-state index contributed by atoms with van der Waals surface area (Å²) >= 11 is 0. The number of amides is 2. The average Bonchev–Trinajstić information content (AvgIpc) is 3.54. The number of halogens is 4. The fourth-order valence-electron chi connectivity index (χ4n) is 14.6. The van der Waals surface area contributed by atoms with Gasteiger partial charge in [0.2, 0.25) is 16.5 Å². The largest absolute Gasteiger partial charge is 0.481 e. The molecule has 15 heteroatoms. The second-order valence-corrected chi connectivity index (χ2v) is 21.8. The van der Waals surface area contributed by atoms with Crippen LogP contribution in [-0.4, -0.2) is 48.1 Å². The summed E-state index contributed by atoms with van der Waals surface area (Å²) in [5.74, 6) is -9.03. The number of ether oxygens (including phenoxy) is 1. The first-order valence-corrected chi connectivity index (χ1v) is 22.4. The zero-order chi connectivity index (χ0) is 46.0. The molecule has 62 heavy (non-hydrogen) atoms. The molecule has 11 nitrogen and oxygen atoms in total. The summed E-state index contributed by atoms with van der Waals surface area (Å²) in [5, 5.41) is 17.2. The zero-order valence-electron chi connectivity index (χ0n) is 37.7. The summed E-state index contributed by atoms with van der Waals surface area (Å²) in [6, 6.07) is 0. The monoisotopic (exact) mass is 872 g/mol. The third-order valence-corrected chi connectivity index (χ3v) is 17.6. The number of carbonyl (C=O) groups is 4. The van der Waals surface area contributed by atoms with Crippen molar-refractivity contribution < 1.29 is 46.6 Å². The molecule has 10 atom stereocenters. The number of fused-ring (bicyclic) bond motifs is 7. The van der Waals surface area contributed by atoms with Crippen molar-refractivity contribution in [1.82, 2.24) is 15.5 Å². The van der Waals surface area contributed by atoms with Gasteiger partial charge in [-0.05, 0) is 128 Å². The quantitative estimate of drug-likeness (QED) is 0.0292. The fourth-order valence-corrected chi connectivity index (χ4v) is 14.6. The summed E-state index contributed by atoms with van der Waals surface area (Å²) in [4.78, 5) is 53.5. The van der Waals surface area contributed by atoms with Crippen LogP contribution in [0.3, 0.4) is 0 Å². The third-order valence-electron chi connectivity index (χ3n) is 17.6. The van der Waals surface area contributed by atoms with Crippen LogP contribution in [0.25, 0.3) is 0 Å². The number of nitrogens with one attached hydrogen (secondary N) is 3. The highest BCUT2D eigenvalue weighted by atomic mass is 19.2. The Bertz CT molecular complexity index is 2040. The maximum absolute atomic E-state index is 14.6. The molecule has 5 aliphatic carbocycles. The molecule has 0 radical (unpaired) electrons. The molecular weight excluding hydrogens is 807 g/mol. The van der Waals surface area contributed by atoms with E-state index < -0.39 is 51.8 Å². The van der Waals surface area contributed by atoms with Crippen molar-refractivity contribution in [2.75, 3.05) is 13.1 Å². The van der Waals surface area contributed by atoms with Crippen molar-refractivity contribution in [3.8, 4) is 0 Å². The lowest BCUT2D eigenvalue weighted by atomic mass is 9.32. The third kappa shape index (κ3) is 7.91. The lowest BCUT2D eigenvalue weighted by Crippen LogP contribution is -2.67. The number of benzene rings is 1. The van der Waals surface area contributed by atoms with Crippen LogP contribution in [0.1, 0.15) is 149 Å². The number of allylic oxidation sites excluding steroid dienone is 1. The minimum atomic E-state index is -1.97. The van der Waals surface area contributed by atoms with Crippen LogP contribution in [-0.2, 0) is 19.1 Å². The Morgan fingerprint density at radius 3 is 2.10 bits per heavy atom. The Morgan fingerprint density at radius 1 is 0.839 bits per heavy atom.